The summed E-state index contributed by atoms with van der Waals surface area (Å²) in [7, 11) is 0. The number of hydrogen-bond donors (Lipinski definition) is 15. The van der Waals surface area contributed by atoms with Crippen LogP contribution in [0, 0.1) is 50.7 Å². The van der Waals surface area contributed by atoms with Gasteiger partial charge in [-0.2, -0.15) is 0 Å². The topological polar surface area (TPSA) is 394 Å². The van der Waals surface area contributed by atoms with Crippen molar-refractivity contribution in [3.8, 4) is 0 Å². The number of aliphatic hydroxyl groups excluding tert-OH is 14. The Labute approximate surface area is 441 Å². The zero-order chi connectivity index (χ0) is 55.6. The molecule has 5 aliphatic carbocycles. The molecule has 436 valence electrons. The van der Waals surface area contributed by atoms with Gasteiger partial charge in [0.2, 0.25) is 6.29 Å². The monoisotopic (exact) mass is 1090 g/mol. The largest absolute Gasteiger partial charge is 0.432 e. The van der Waals surface area contributed by atoms with Crippen LogP contribution in [0.4, 0.5) is 0 Å². The van der Waals surface area contributed by atoms with E-state index in [0.29, 0.717) is 32.1 Å². The van der Waals surface area contributed by atoms with E-state index < -0.39 is 193 Å². The Kier molecular flexibility index (Phi) is 16.5. The first-order chi connectivity index (χ1) is 35.6. The number of esters is 1. The van der Waals surface area contributed by atoms with Gasteiger partial charge in [-0.15, -0.1) is 0 Å². The van der Waals surface area contributed by atoms with Crippen molar-refractivity contribution < 1.29 is 119 Å². The van der Waals surface area contributed by atoms with Crippen molar-refractivity contribution in [1.29, 1.82) is 0 Å². The molecule has 76 heavy (non-hydrogen) atoms. The second kappa shape index (κ2) is 21.3. The molecule has 0 aromatic carbocycles. The van der Waals surface area contributed by atoms with E-state index in [9.17, 15) is 76.6 Å². The van der Waals surface area contributed by atoms with E-state index in [4.69, 9.17) is 37.9 Å². The predicted molar refractivity (Wildman–Crippen MR) is 255 cm³/mol. The lowest BCUT2D eigenvalue weighted by Gasteiger charge is -2.72. The van der Waals surface area contributed by atoms with Crippen LogP contribution in [0.1, 0.15) is 92.9 Å². The molecule has 9 aliphatic rings. The molecule has 4 saturated heterocycles. The minimum absolute atomic E-state index is 0.0890. The van der Waals surface area contributed by atoms with Crippen LogP contribution in [0.15, 0.2) is 11.6 Å². The summed E-state index contributed by atoms with van der Waals surface area (Å²) < 4.78 is 46.4. The molecule has 0 spiro atoms. The van der Waals surface area contributed by atoms with Gasteiger partial charge in [-0.05, 0) is 92.3 Å². The standard InChI is InChI=1S/C52H84O24/c1-21-30-22-7-8-29-47(2)15-23(55)41(75-44-39(66)40(25(57)18-70-44)74-43-36(63)31(58)24(56)17-69-43)48(3,20-54)28(47)9-10-50(29,5)49(22,4)11-13-52(30,14-12-51(21,6)68)46(67)76-45-38(65)35(62)33(60)27(73-45)19-71-42-37(64)34(61)32(59)26(16-53)72-42/h7,21,23-45,53-66,68H,8-20H2,1-6H3/t21-,23-,24-,25+,26-,27-,28-,29-,30+,31+,32-,33-,34+,35+,36-,37-,38-,39-,40+,41+,42-,43+,44+,45+,47+,48+,49-,50-,51+,52-/m1/s1. The molecule has 0 bridgehead atoms. The molecule has 0 radical (unpaired) electrons. The molecule has 15 N–H and O–H groups in total. The Morgan fingerprint density at radius 2 is 1.24 bits per heavy atom. The van der Waals surface area contributed by atoms with E-state index in [0.717, 1.165) is 5.57 Å². The van der Waals surface area contributed by atoms with Gasteiger partial charge in [-0.3, -0.25) is 4.79 Å². The molecule has 30 atom stereocenters. The summed E-state index contributed by atoms with van der Waals surface area (Å²) in [6, 6.07) is 0. The normalized spacial score (nSPS) is 56.5. The minimum Gasteiger partial charge on any atom is -0.432 e. The van der Waals surface area contributed by atoms with Gasteiger partial charge in [-0.25, -0.2) is 0 Å². The van der Waals surface area contributed by atoms with E-state index in [1.54, 1.807) is 6.92 Å². The number of aliphatic hydroxyl groups is 15. The van der Waals surface area contributed by atoms with Gasteiger partial charge in [0.1, 0.15) is 85.5 Å². The summed E-state index contributed by atoms with van der Waals surface area (Å²) in [6.07, 6.45) is -26.1. The highest BCUT2D eigenvalue weighted by atomic mass is 16.8. The van der Waals surface area contributed by atoms with Crippen LogP contribution >= 0.6 is 0 Å². The van der Waals surface area contributed by atoms with Gasteiger partial charge in [-0.1, -0.05) is 46.3 Å². The van der Waals surface area contributed by atoms with Crippen LogP contribution in [0.5, 0.6) is 0 Å². The molecule has 4 aliphatic heterocycles. The number of fused-ring (bicyclic) bond motifs is 7. The second-order valence-electron chi connectivity index (χ2n) is 25.1. The molecule has 0 unspecified atom stereocenters. The zero-order valence-corrected chi connectivity index (χ0v) is 44.0. The lowest BCUT2D eigenvalue weighted by Crippen LogP contribution is -2.70. The third kappa shape index (κ3) is 9.26. The van der Waals surface area contributed by atoms with Crippen molar-refractivity contribution in [1.82, 2.24) is 0 Å². The summed E-state index contributed by atoms with van der Waals surface area (Å²) in [4.78, 5) is 15.1. The number of carbonyl (C=O) groups excluding carboxylic acids is 1. The van der Waals surface area contributed by atoms with E-state index in [-0.39, 0.29) is 44.3 Å². The van der Waals surface area contributed by atoms with E-state index >= 15 is 4.79 Å². The van der Waals surface area contributed by atoms with Gasteiger partial charge >= 0.3 is 5.97 Å². The number of ether oxygens (including phenoxy) is 8. The summed E-state index contributed by atoms with van der Waals surface area (Å²) >= 11 is 0. The quantitative estimate of drug-likeness (QED) is 0.0535. The highest BCUT2D eigenvalue weighted by Gasteiger charge is 2.72. The molecular weight excluding hydrogens is 1010 g/mol. The van der Waals surface area contributed by atoms with Crippen molar-refractivity contribution in [2.45, 2.75) is 221 Å². The van der Waals surface area contributed by atoms with Crippen LogP contribution in [0.3, 0.4) is 0 Å². The third-order valence-electron chi connectivity index (χ3n) is 21.2. The maximum absolute atomic E-state index is 15.1. The fourth-order valence-electron chi connectivity index (χ4n) is 16.2. The van der Waals surface area contributed by atoms with Crippen LogP contribution in [0.25, 0.3) is 0 Å². The van der Waals surface area contributed by atoms with Gasteiger partial charge in [0.25, 0.3) is 0 Å². The van der Waals surface area contributed by atoms with Crippen molar-refractivity contribution in [3.05, 3.63) is 11.6 Å². The Morgan fingerprint density at radius 1 is 0.645 bits per heavy atom. The van der Waals surface area contributed by atoms with Crippen LogP contribution in [-0.4, -0.2) is 244 Å². The van der Waals surface area contributed by atoms with Gasteiger partial charge in [0.15, 0.2) is 18.9 Å². The zero-order valence-electron chi connectivity index (χ0n) is 44.0. The number of rotatable bonds is 11. The van der Waals surface area contributed by atoms with Crippen LogP contribution in [-0.2, 0) is 42.7 Å². The molecule has 24 nitrogen and oxygen atoms in total. The van der Waals surface area contributed by atoms with Crippen LogP contribution in [0.2, 0.25) is 0 Å². The molecule has 4 heterocycles. The summed E-state index contributed by atoms with van der Waals surface area (Å²) in [6.45, 7) is 9.61. The molecule has 0 aromatic heterocycles. The SMILES string of the molecule is C[C@@H]1[C@H]2C3=CC[C@@H]4[C@@]5(C)C[C@@H](O)[C@H](O[C@@H]6OC[C@H](O)[C@H](O[C@@H]7OC[C@@H](O)[C@H](O)[C@H]7O)[C@H]6O)[C@@](C)(CO)[C@@H]5CC[C@@]4(C)[C@]3(C)CC[C@@]2(C(=O)O[C@@H]2O[C@H](CO[C@@H]3O[C@H](CO)[C@@H](O)[C@H](O)[C@H]3O)[C@@H](O)[C@H](O)[C@H]2O)CC[C@]1(C)O. The average molecular weight is 1090 g/mol. The number of carbonyl (C=O) groups is 1. The fraction of sp³-hybridized carbons (Fsp3) is 0.942. The first-order valence-corrected chi connectivity index (χ1v) is 27.1. The van der Waals surface area contributed by atoms with Crippen molar-refractivity contribution in [3.63, 3.8) is 0 Å². The molecule has 8 fully saturated rings. The third-order valence-corrected chi connectivity index (χ3v) is 21.2. The maximum atomic E-state index is 15.1. The van der Waals surface area contributed by atoms with E-state index in [1.807, 2.05) is 13.8 Å². The predicted octanol–water partition coefficient (Wildman–Crippen LogP) is -3.84. The molecule has 24 heteroatoms. The Hall–Kier alpha value is -1.67. The Morgan fingerprint density at radius 3 is 1.89 bits per heavy atom. The molecular formula is C52H84O24. The minimum atomic E-state index is -1.91. The van der Waals surface area contributed by atoms with E-state index in [2.05, 4.69) is 26.8 Å². The molecule has 9 rings (SSSR count). The van der Waals surface area contributed by atoms with Crippen LogP contribution < -0.4 is 0 Å². The Bertz CT molecular complexity index is 2100. The lowest BCUT2D eigenvalue weighted by molar-refractivity contribution is -0.354. The maximum Gasteiger partial charge on any atom is 0.315 e. The number of hydrogen-bond acceptors (Lipinski definition) is 24. The Balaban J connectivity index is 0.943. The summed E-state index contributed by atoms with van der Waals surface area (Å²) in [5.74, 6) is -2.14. The highest BCUT2D eigenvalue weighted by molar-refractivity contribution is 5.79. The average Bonchev–Trinajstić information content (AvgIpc) is 3.46. The van der Waals surface area contributed by atoms with Gasteiger partial charge in [0, 0.05) is 11.3 Å². The van der Waals surface area contributed by atoms with Crippen molar-refractivity contribution in [2.24, 2.45) is 50.7 Å². The number of allylic oxidation sites excluding steroid dienone is 2. The van der Waals surface area contributed by atoms with E-state index in [1.165, 1.54) is 0 Å². The first kappa shape index (κ1) is 59.0. The summed E-state index contributed by atoms with van der Waals surface area (Å²) in [5, 5.41) is 163. The fourth-order valence-corrected chi connectivity index (χ4v) is 16.2. The second-order valence-corrected chi connectivity index (χ2v) is 25.1. The smallest absolute Gasteiger partial charge is 0.315 e. The van der Waals surface area contributed by atoms with Crippen molar-refractivity contribution >= 4 is 5.97 Å². The van der Waals surface area contributed by atoms with Gasteiger partial charge in [0.05, 0.1) is 56.3 Å². The molecule has 0 amide bonds. The molecule has 0 aromatic rings. The highest BCUT2D eigenvalue weighted by Crippen LogP contribution is 2.76. The van der Waals surface area contributed by atoms with Crippen molar-refractivity contribution in [2.75, 3.05) is 33.0 Å². The first-order valence-electron chi connectivity index (χ1n) is 27.1. The van der Waals surface area contributed by atoms with Gasteiger partial charge < -0.3 is 114 Å². The summed E-state index contributed by atoms with van der Waals surface area (Å²) in [5.41, 5.74) is -4.27. The lowest BCUT2D eigenvalue weighted by atomic mass is 9.33. The molecule has 4 saturated carbocycles.